The molecule has 2 aromatic rings. The van der Waals surface area contributed by atoms with Gasteiger partial charge in [0.1, 0.15) is 18.4 Å². The molecule has 0 aromatic carbocycles. The average molecular weight is 310 g/mol. The van der Waals surface area contributed by atoms with Gasteiger partial charge in [-0.25, -0.2) is 4.98 Å². The Bertz CT molecular complexity index is 760. The lowest BCUT2D eigenvalue weighted by atomic mass is 10.1. The van der Waals surface area contributed by atoms with Crippen LogP contribution < -0.4 is 5.73 Å². The van der Waals surface area contributed by atoms with Gasteiger partial charge in [-0.05, 0) is 5.53 Å². The van der Waals surface area contributed by atoms with Gasteiger partial charge in [0, 0.05) is 4.91 Å². The van der Waals surface area contributed by atoms with Gasteiger partial charge in [0.05, 0.1) is 19.0 Å². The van der Waals surface area contributed by atoms with Crippen LogP contribution in [0.2, 0.25) is 0 Å². The number of azide groups is 1. The van der Waals surface area contributed by atoms with Gasteiger partial charge in [0.15, 0.2) is 17.0 Å². The molecule has 11 nitrogen and oxygen atoms in total. The van der Waals surface area contributed by atoms with Gasteiger partial charge in [-0.1, -0.05) is 5.11 Å². The maximum Gasteiger partial charge on any atom is 0.312 e. The number of hydrogen-bond acceptors (Lipinski definition) is 8. The minimum atomic E-state index is -1.23. The molecule has 0 radical (unpaired) electrons. The number of aliphatic hydroxyl groups is 2. The molecule has 0 saturated carbocycles. The van der Waals surface area contributed by atoms with Crippen LogP contribution in [0.15, 0.2) is 11.4 Å². The monoisotopic (exact) mass is 310 g/mol. The first-order valence-corrected chi connectivity index (χ1v) is 6.21. The van der Waals surface area contributed by atoms with E-state index in [9.17, 15) is 14.6 Å². The predicted octanol–water partition coefficient (Wildman–Crippen LogP) is -0.523. The minimum Gasteiger partial charge on any atom is -0.394 e. The lowest BCUT2D eigenvalue weighted by Crippen LogP contribution is -2.31. The molecule has 0 bridgehead atoms. The van der Waals surface area contributed by atoms with Crippen molar-refractivity contribution in [2.75, 3.05) is 12.3 Å². The predicted molar refractivity (Wildman–Crippen MR) is 69.6 cm³/mol. The fourth-order valence-corrected chi connectivity index (χ4v) is 2.39. The molecule has 1 aliphatic heterocycles. The van der Waals surface area contributed by atoms with Crippen molar-refractivity contribution < 1.29 is 19.3 Å². The molecule has 1 saturated heterocycles. The third kappa shape index (κ3) is 2.10. The molecule has 0 unspecified atom stereocenters. The summed E-state index contributed by atoms with van der Waals surface area (Å²) in [6.45, 7) is -0.479. The van der Waals surface area contributed by atoms with E-state index >= 15 is 0 Å². The highest BCUT2D eigenvalue weighted by Crippen LogP contribution is 2.34. The number of anilines is 1. The van der Waals surface area contributed by atoms with Gasteiger partial charge < -0.3 is 20.7 Å². The van der Waals surface area contributed by atoms with E-state index in [1.165, 1.54) is 10.9 Å². The number of imidazole rings is 1. The summed E-state index contributed by atoms with van der Waals surface area (Å²) in [6.07, 6.45) is -2.99. The summed E-state index contributed by atoms with van der Waals surface area (Å²) in [5.41, 5.74) is 14.4. The van der Waals surface area contributed by atoms with Crippen molar-refractivity contribution >= 4 is 17.0 Å². The fraction of sp³-hybridized carbons (Fsp3) is 0.500. The maximum atomic E-state index is 13.4. The second-order valence-corrected chi connectivity index (χ2v) is 4.64. The molecule has 4 atom stereocenters. The number of aromatic nitrogens is 4. The molecule has 12 heteroatoms. The number of nitrogen functional groups attached to an aromatic ring is 1. The van der Waals surface area contributed by atoms with Crippen molar-refractivity contribution in [3.8, 4) is 0 Å². The lowest BCUT2D eigenvalue weighted by molar-refractivity contribution is -0.0437. The molecule has 4 N–H and O–H groups in total. The van der Waals surface area contributed by atoms with Crippen molar-refractivity contribution in [2.24, 2.45) is 5.11 Å². The Labute approximate surface area is 121 Å². The smallest absolute Gasteiger partial charge is 0.312 e. The highest BCUT2D eigenvalue weighted by Gasteiger charge is 2.44. The molecular weight excluding hydrogens is 299 g/mol. The Morgan fingerprint density at radius 2 is 2.32 bits per heavy atom. The molecule has 0 aliphatic carbocycles. The van der Waals surface area contributed by atoms with Crippen LogP contribution >= 0.6 is 0 Å². The zero-order chi connectivity index (χ0) is 15.9. The van der Waals surface area contributed by atoms with Gasteiger partial charge in [-0.15, -0.1) is 0 Å². The zero-order valence-corrected chi connectivity index (χ0v) is 11.0. The number of halogens is 1. The number of hydrogen-bond donors (Lipinski definition) is 3. The Hall–Kier alpha value is -2.53. The molecule has 116 valence electrons. The summed E-state index contributed by atoms with van der Waals surface area (Å²) in [6, 6.07) is -1.04. The van der Waals surface area contributed by atoms with Crippen LogP contribution in [-0.4, -0.2) is 54.6 Å². The van der Waals surface area contributed by atoms with Crippen molar-refractivity contribution in [3.63, 3.8) is 0 Å². The van der Waals surface area contributed by atoms with E-state index in [4.69, 9.17) is 16.0 Å². The zero-order valence-electron chi connectivity index (χ0n) is 11.0. The SMILES string of the molecule is [N-]=[N+]=N[C@H]1[C@H](O)[C@@H](CO)O[C@H]1n1cnc2c(N)nc(F)nc21. The van der Waals surface area contributed by atoms with E-state index in [-0.39, 0.29) is 17.0 Å². The Balaban J connectivity index is 2.11. The van der Waals surface area contributed by atoms with Gasteiger partial charge >= 0.3 is 6.08 Å². The third-order valence-electron chi connectivity index (χ3n) is 3.40. The van der Waals surface area contributed by atoms with E-state index in [0.29, 0.717) is 0 Å². The number of nitrogens with zero attached hydrogens (tertiary/aromatic N) is 7. The fourth-order valence-electron chi connectivity index (χ4n) is 2.39. The van der Waals surface area contributed by atoms with Gasteiger partial charge in [-0.3, -0.25) is 4.57 Å². The van der Waals surface area contributed by atoms with Crippen LogP contribution in [0.5, 0.6) is 0 Å². The highest BCUT2D eigenvalue weighted by molar-refractivity contribution is 5.81. The van der Waals surface area contributed by atoms with Crippen LogP contribution in [0, 0.1) is 6.08 Å². The minimum absolute atomic E-state index is 0.0268. The van der Waals surface area contributed by atoms with Gasteiger partial charge in [0.25, 0.3) is 0 Å². The van der Waals surface area contributed by atoms with Crippen molar-refractivity contribution in [1.29, 1.82) is 0 Å². The number of rotatable bonds is 3. The molecule has 2 aromatic heterocycles. The molecule has 0 amide bonds. The second kappa shape index (κ2) is 5.35. The van der Waals surface area contributed by atoms with Crippen molar-refractivity contribution in [1.82, 2.24) is 19.5 Å². The molecule has 1 fully saturated rings. The average Bonchev–Trinajstić information content (AvgIpc) is 3.02. The topological polar surface area (TPSA) is 168 Å². The van der Waals surface area contributed by atoms with Crippen molar-refractivity contribution in [3.05, 3.63) is 22.8 Å². The summed E-state index contributed by atoms with van der Waals surface area (Å²) in [5.74, 6) is -0.154. The lowest BCUT2D eigenvalue weighted by Gasteiger charge is -2.17. The summed E-state index contributed by atoms with van der Waals surface area (Å²) in [4.78, 5) is 13.6. The van der Waals surface area contributed by atoms with Gasteiger partial charge in [0.2, 0.25) is 0 Å². The number of aliphatic hydroxyl groups excluding tert-OH is 2. The van der Waals surface area contributed by atoms with Gasteiger partial charge in [-0.2, -0.15) is 14.4 Å². The maximum absolute atomic E-state index is 13.4. The molecule has 0 spiro atoms. The normalized spacial score (nSPS) is 28.0. The highest BCUT2D eigenvalue weighted by atomic mass is 19.1. The third-order valence-corrected chi connectivity index (χ3v) is 3.40. The number of nitrogens with two attached hydrogens (primary N) is 1. The molecule has 22 heavy (non-hydrogen) atoms. The number of ether oxygens (including phenoxy) is 1. The molecule has 3 heterocycles. The van der Waals surface area contributed by atoms with E-state index in [1.54, 1.807) is 0 Å². The van der Waals surface area contributed by atoms with Crippen LogP contribution in [-0.2, 0) is 4.74 Å². The van der Waals surface area contributed by atoms with Crippen LogP contribution in [0.1, 0.15) is 6.23 Å². The first-order valence-electron chi connectivity index (χ1n) is 6.21. The summed E-state index contributed by atoms with van der Waals surface area (Å²) < 4.78 is 20.1. The van der Waals surface area contributed by atoms with E-state index in [1.807, 2.05) is 0 Å². The quantitative estimate of drug-likeness (QED) is 0.296. The molecule has 3 rings (SSSR count). The van der Waals surface area contributed by atoms with E-state index in [2.05, 4.69) is 25.0 Å². The Morgan fingerprint density at radius 3 is 3.00 bits per heavy atom. The first kappa shape index (κ1) is 14.4. The Morgan fingerprint density at radius 1 is 1.55 bits per heavy atom. The summed E-state index contributed by atoms with van der Waals surface area (Å²) in [5, 5.41) is 22.7. The summed E-state index contributed by atoms with van der Waals surface area (Å²) in [7, 11) is 0. The van der Waals surface area contributed by atoms with E-state index < -0.39 is 37.2 Å². The van der Waals surface area contributed by atoms with Crippen LogP contribution in [0.4, 0.5) is 10.2 Å². The number of fused-ring (bicyclic) bond motifs is 1. The molecule has 1 aliphatic rings. The van der Waals surface area contributed by atoms with Crippen LogP contribution in [0.25, 0.3) is 21.6 Å². The molecular formula is C10H11FN8O3. The van der Waals surface area contributed by atoms with E-state index in [0.717, 1.165) is 0 Å². The second-order valence-electron chi connectivity index (χ2n) is 4.64. The summed E-state index contributed by atoms with van der Waals surface area (Å²) >= 11 is 0. The standard InChI is InChI=1S/C10H11FN8O3/c11-10-15-7(12)5-8(16-10)19(2-14-5)9-4(17-18-13)6(21)3(1-20)22-9/h2-4,6,9,20-21H,1H2,(H2,12,15,16)/t3-,4+,6-,9-/m1/s1. The first-order chi connectivity index (χ1) is 10.6. The largest absolute Gasteiger partial charge is 0.394 e. The Kier molecular flexibility index (Phi) is 3.50. The van der Waals surface area contributed by atoms with Crippen molar-refractivity contribution in [2.45, 2.75) is 24.5 Å². The van der Waals surface area contributed by atoms with Crippen LogP contribution in [0.3, 0.4) is 0 Å².